The van der Waals surface area contributed by atoms with Gasteiger partial charge in [-0.15, -0.1) is 0 Å². The van der Waals surface area contributed by atoms with Crippen LogP contribution in [-0.2, 0) is 6.54 Å². The number of nitrogens with zero attached hydrogens (tertiary/aromatic N) is 1. The quantitative estimate of drug-likeness (QED) is 0.277. The van der Waals surface area contributed by atoms with Crippen molar-refractivity contribution in [3.05, 3.63) is 28.6 Å². The fourth-order valence-electron chi connectivity index (χ4n) is 3.75. The minimum absolute atomic E-state index is 0.132. The summed E-state index contributed by atoms with van der Waals surface area (Å²) in [5.74, 6) is 1.65. The van der Waals surface area contributed by atoms with Crippen LogP contribution in [0.4, 0.5) is 0 Å². The Bertz CT molecular complexity index is 843. The number of ether oxygens (including phenoxy) is 3. The number of hydrogen-bond donors (Lipinski definition) is 0. The van der Waals surface area contributed by atoms with Crippen LogP contribution in [0.25, 0.3) is 10.9 Å². The van der Waals surface area contributed by atoms with E-state index >= 15 is 0 Å². The lowest BCUT2D eigenvalue weighted by Gasteiger charge is -2.18. The van der Waals surface area contributed by atoms with Gasteiger partial charge in [-0.25, -0.2) is 0 Å². The molecule has 0 spiro atoms. The smallest absolute Gasteiger partial charge is 0.297 e. The van der Waals surface area contributed by atoms with Gasteiger partial charge in [-0.3, -0.25) is 4.79 Å². The Balaban J connectivity index is 2.36. The molecule has 174 valence electrons. The van der Waals surface area contributed by atoms with Crippen LogP contribution in [0.1, 0.15) is 85.0 Å². The number of rotatable bonds is 16. The van der Waals surface area contributed by atoms with Crippen molar-refractivity contribution in [3.8, 4) is 17.2 Å². The first-order chi connectivity index (χ1) is 15.2. The molecular formula is C26H41NO4. The predicted octanol–water partition coefficient (Wildman–Crippen LogP) is 6.73. The molecule has 0 saturated heterocycles. The van der Waals surface area contributed by atoms with Gasteiger partial charge in [0, 0.05) is 18.0 Å². The lowest BCUT2D eigenvalue weighted by atomic mass is 10.1. The van der Waals surface area contributed by atoms with Crippen LogP contribution < -0.4 is 19.8 Å². The maximum Gasteiger partial charge on any atom is 0.297 e. The Morgan fingerprint density at radius 1 is 0.774 bits per heavy atom. The molecule has 2 rings (SSSR count). The van der Waals surface area contributed by atoms with E-state index < -0.39 is 0 Å². The Morgan fingerprint density at radius 3 is 2.03 bits per heavy atom. The maximum atomic E-state index is 13.2. The number of aryl methyl sites for hydroxylation is 1. The SMILES string of the molecule is CCCCCCOc1ccc2c(OCCCCCC)c(OC)c(=O)n(CCCC)c2c1. The molecule has 1 heterocycles. The summed E-state index contributed by atoms with van der Waals surface area (Å²) >= 11 is 0. The average Bonchev–Trinajstić information content (AvgIpc) is 2.78. The van der Waals surface area contributed by atoms with Gasteiger partial charge in [0.25, 0.3) is 5.56 Å². The van der Waals surface area contributed by atoms with Gasteiger partial charge in [0.1, 0.15) is 5.75 Å². The first-order valence-electron chi connectivity index (χ1n) is 12.2. The average molecular weight is 432 g/mol. The lowest BCUT2D eigenvalue weighted by Crippen LogP contribution is -2.23. The third kappa shape index (κ3) is 7.19. The number of unbranched alkanes of at least 4 members (excludes halogenated alkanes) is 7. The van der Waals surface area contributed by atoms with Gasteiger partial charge in [-0.05, 0) is 31.4 Å². The monoisotopic (exact) mass is 431 g/mol. The van der Waals surface area contributed by atoms with Crippen molar-refractivity contribution in [1.29, 1.82) is 0 Å². The minimum atomic E-state index is -0.132. The maximum absolute atomic E-state index is 13.2. The Labute approximate surface area is 187 Å². The Morgan fingerprint density at radius 2 is 1.42 bits per heavy atom. The summed E-state index contributed by atoms with van der Waals surface area (Å²) in [6, 6.07) is 5.96. The van der Waals surface area contributed by atoms with Crippen LogP contribution in [0, 0.1) is 0 Å². The number of fused-ring (bicyclic) bond motifs is 1. The number of hydrogen-bond acceptors (Lipinski definition) is 4. The molecule has 0 aliphatic heterocycles. The molecule has 2 aromatic rings. The van der Waals surface area contributed by atoms with Gasteiger partial charge in [0.05, 0.1) is 25.8 Å². The molecular weight excluding hydrogens is 390 g/mol. The van der Waals surface area contributed by atoms with E-state index in [0.717, 1.165) is 48.8 Å². The van der Waals surface area contributed by atoms with E-state index in [1.54, 1.807) is 7.11 Å². The molecule has 31 heavy (non-hydrogen) atoms. The van der Waals surface area contributed by atoms with Crippen molar-refractivity contribution in [3.63, 3.8) is 0 Å². The molecule has 1 aromatic carbocycles. The molecule has 0 aliphatic rings. The Hall–Kier alpha value is -2.17. The minimum Gasteiger partial charge on any atom is -0.494 e. The zero-order chi connectivity index (χ0) is 22.5. The summed E-state index contributed by atoms with van der Waals surface area (Å²) in [6.07, 6.45) is 11.1. The standard InChI is InChI=1S/C26H41NO4/c1-5-8-11-13-18-30-21-15-16-22-23(20-21)27(17-10-7-3)26(28)25(29-4)24(22)31-19-14-12-9-6-2/h15-16,20H,5-14,17-19H2,1-4H3. The van der Waals surface area contributed by atoms with Crippen LogP contribution in [-0.4, -0.2) is 24.9 Å². The van der Waals surface area contributed by atoms with Crippen LogP contribution in [0.15, 0.2) is 23.0 Å². The topological polar surface area (TPSA) is 49.7 Å². The van der Waals surface area contributed by atoms with Crippen LogP contribution >= 0.6 is 0 Å². The van der Waals surface area contributed by atoms with Gasteiger partial charge in [0.15, 0.2) is 5.75 Å². The highest BCUT2D eigenvalue weighted by molar-refractivity contribution is 5.89. The zero-order valence-corrected chi connectivity index (χ0v) is 20.0. The second-order valence-corrected chi connectivity index (χ2v) is 8.17. The fraction of sp³-hybridized carbons (Fsp3) is 0.654. The second kappa shape index (κ2) is 14.0. The van der Waals surface area contributed by atoms with E-state index in [2.05, 4.69) is 20.8 Å². The third-order valence-corrected chi connectivity index (χ3v) is 5.60. The van der Waals surface area contributed by atoms with Gasteiger partial charge in [-0.2, -0.15) is 0 Å². The third-order valence-electron chi connectivity index (χ3n) is 5.60. The van der Waals surface area contributed by atoms with Crippen LogP contribution in [0.2, 0.25) is 0 Å². The molecule has 0 aliphatic carbocycles. The van der Waals surface area contributed by atoms with Crippen LogP contribution in [0.3, 0.4) is 0 Å². The largest absolute Gasteiger partial charge is 0.494 e. The summed E-state index contributed by atoms with van der Waals surface area (Å²) < 4.78 is 19.4. The summed E-state index contributed by atoms with van der Waals surface area (Å²) in [5, 5.41) is 0.904. The molecule has 0 saturated carbocycles. The van der Waals surface area contributed by atoms with Crippen molar-refractivity contribution >= 4 is 10.9 Å². The summed E-state index contributed by atoms with van der Waals surface area (Å²) in [7, 11) is 1.55. The van der Waals surface area contributed by atoms with E-state index in [4.69, 9.17) is 14.2 Å². The van der Waals surface area contributed by atoms with Crippen molar-refractivity contribution in [1.82, 2.24) is 4.57 Å². The lowest BCUT2D eigenvalue weighted by molar-refractivity contribution is 0.285. The number of pyridine rings is 1. The molecule has 0 amide bonds. The number of benzene rings is 1. The zero-order valence-electron chi connectivity index (χ0n) is 20.0. The van der Waals surface area contributed by atoms with Crippen LogP contribution in [0.5, 0.6) is 17.2 Å². The van der Waals surface area contributed by atoms with E-state index in [1.165, 1.54) is 32.1 Å². The first-order valence-corrected chi connectivity index (χ1v) is 12.2. The molecule has 0 fully saturated rings. The van der Waals surface area contributed by atoms with Gasteiger partial charge < -0.3 is 18.8 Å². The molecule has 5 heteroatoms. The van der Waals surface area contributed by atoms with E-state index in [1.807, 2.05) is 22.8 Å². The molecule has 0 N–H and O–H groups in total. The molecule has 0 radical (unpaired) electrons. The van der Waals surface area contributed by atoms with Gasteiger partial charge in [0.2, 0.25) is 5.75 Å². The molecule has 0 atom stereocenters. The van der Waals surface area contributed by atoms with E-state index in [0.29, 0.717) is 31.3 Å². The summed E-state index contributed by atoms with van der Waals surface area (Å²) in [5.41, 5.74) is 0.723. The normalized spacial score (nSPS) is 11.1. The fourth-order valence-corrected chi connectivity index (χ4v) is 3.75. The Kier molecular flexibility index (Phi) is 11.3. The highest BCUT2D eigenvalue weighted by Gasteiger charge is 2.19. The van der Waals surface area contributed by atoms with E-state index in [-0.39, 0.29) is 5.56 Å². The highest BCUT2D eigenvalue weighted by atomic mass is 16.5. The summed E-state index contributed by atoms with van der Waals surface area (Å²) in [4.78, 5) is 13.2. The van der Waals surface area contributed by atoms with Crippen molar-refractivity contribution in [2.45, 2.75) is 91.5 Å². The highest BCUT2D eigenvalue weighted by Crippen LogP contribution is 2.35. The van der Waals surface area contributed by atoms with Gasteiger partial charge in [-0.1, -0.05) is 65.7 Å². The molecule has 1 aromatic heterocycles. The first kappa shape index (κ1) is 25.1. The summed E-state index contributed by atoms with van der Waals surface area (Å²) in [6.45, 7) is 8.46. The number of methoxy groups -OCH3 is 1. The molecule has 0 unspecified atom stereocenters. The predicted molar refractivity (Wildman–Crippen MR) is 129 cm³/mol. The van der Waals surface area contributed by atoms with E-state index in [9.17, 15) is 4.79 Å². The molecule has 0 bridgehead atoms. The van der Waals surface area contributed by atoms with Gasteiger partial charge >= 0.3 is 0 Å². The van der Waals surface area contributed by atoms with Crippen molar-refractivity contribution < 1.29 is 14.2 Å². The second-order valence-electron chi connectivity index (χ2n) is 8.17. The van der Waals surface area contributed by atoms with Crippen molar-refractivity contribution in [2.75, 3.05) is 20.3 Å². The van der Waals surface area contributed by atoms with Crippen molar-refractivity contribution in [2.24, 2.45) is 0 Å². The number of aromatic nitrogens is 1. The molecule has 5 nitrogen and oxygen atoms in total.